The van der Waals surface area contributed by atoms with Gasteiger partial charge in [0.1, 0.15) is 0 Å². The van der Waals surface area contributed by atoms with E-state index in [2.05, 4.69) is 13.8 Å². The van der Waals surface area contributed by atoms with Crippen LogP contribution in [0.2, 0.25) is 0 Å². The Kier molecular flexibility index (Phi) is 9.04. The molecule has 1 heterocycles. The molecule has 3 atom stereocenters. The van der Waals surface area contributed by atoms with Gasteiger partial charge in [-0.15, -0.1) is 0 Å². The largest absolute Gasteiger partial charge is 0.392 e. The molecule has 25 heavy (non-hydrogen) atoms. The quantitative estimate of drug-likeness (QED) is 0.515. The van der Waals surface area contributed by atoms with E-state index in [1.54, 1.807) is 12.2 Å². The molecule has 0 aliphatic carbocycles. The van der Waals surface area contributed by atoms with Crippen LogP contribution in [0.1, 0.15) is 66.7 Å². The molecule has 1 aliphatic rings. The minimum atomic E-state index is -0.586. The molecule has 0 aromatic rings. The van der Waals surface area contributed by atoms with Crippen LogP contribution in [0.3, 0.4) is 0 Å². The van der Waals surface area contributed by atoms with E-state index in [9.17, 15) is 9.90 Å². The lowest BCUT2D eigenvalue weighted by molar-refractivity contribution is -0.118. The molecule has 4 heteroatoms. The van der Waals surface area contributed by atoms with E-state index >= 15 is 0 Å². The average Bonchev–Trinajstić information content (AvgIpc) is 2.69. The van der Waals surface area contributed by atoms with Gasteiger partial charge in [-0.1, -0.05) is 32.4 Å². The molecule has 1 saturated heterocycles. The Balaban J connectivity index is 2.54. The maximum Gasteiger partial charge on any atom is 0.158 e. The van der Waals surface area contributed by atoms with Crippen LogP contribution in [-0.4, -0.2) is 40.9 Å². The van der Waals surface area contributed by atoms with Crippen molar-refractivity contribution in [3.05, 3.63) is 23.3 Å². The van der Waals surface area contributed by atoms with Crippen LogP contribution in [0.4, 0.5) is 0 Å². The lowest BCUT2D eigenvalue weighted by Gasteiger charge is -2.33. The Hall–Kier alpha value is -0.970. The Labute approximate surface area is 153 Å². The molecule has 0 amide bonds. The van der Waals surface area contributed by atoms with Gasteiger partial charge in [0.05, 0.1) is 24.9 Å². The molecule has 0 saturated carbocycles. The number of rotatable bonds is 8. The molecule has 1 rings (SSSR count). The molecule has 0 spiro atoms. The minimum Gasteiger partial charge on any atom is -0.392 e. The van der Waals surface area contributed by atoms with Crippen LogP contribution in [-0.2, 0) is 9.53 Å². The normalized spacial score (nSPS) is 28.2. The van der Waals surface area contributed by atoms with Crippen LogP contribution in [0.5, 0.6) is 0 Å². The fourth-order valence-electron chi connectivity index (χ4n) is 3.02. The lowest BCUT2D eigenvalue weighted by Crippen LogP contribution is -2.41. The van der Waals surface area contributed by atoms with Crippen molar-refractivity contribution in [1.82, 2.24) is 0 Å². The van der Waals surface area contributed by atoms with E-state index in [4.69, 9.17) is 9.84 Å². The van der Waals surface area contributed by atoms with Gasteiger partial charge in [-0.3, -0.25) is 4.79 Å². The third-order valence-electron chi connectivity index (χ3n) is 5.49. The zero-order valence-electron chi connectivity index (χ0n) is 16.5. The van der Waals surface area contributed by atoms with Crippen molar-refractivity contribution in [1.29, 1.82) is 0 Å². The van der Waals surface area contributed by atoms with E-state index in [1.165, 1.54) is 0 Å². The van der Waals surface area contributed by atoms with Gasteiger partial charge in [-0.05, 0) is 63.5 Å². The number of hydrogen-bond donors (Lipinski definition) is 2. The first-order valence-electron chi connectivity index (χ1n) is 9.52. The number of ketones is 1. The molecule has 4 nitrogen and oxygen atoms in total. The Morgan fingerprint density at radius 2 is 2.08 bits per heavy atom. The summed E-state index contributed by atoms with van der Waals surface area (Å²) in [7, 11) is 0. The summed E-state index contributed by atoms with van der Waals surface area (Å²) in [5.74, 6) is 0.572. The van der Waals surface area contributed by atoms with Crippen LogP contribution >= 0.6 is 0 Å². The second-order valence-corrected chi connectivity index (χ2v) is 7.94. The van der Waals surface area contributed by atoms with Crippen molar-refractivity contribution in [3.63, 3.8) is 0 Å². The smallest absolute Gasteiger partial charge is 0.158 e. The Morgan fingerprint density at radius 3 is 2.68 bits per heavy atom. The Bertz CT molecular complexity index is 492. The predicted molar refractivity (Wildman–Crippen MR) is 101 cm³/mol. The molecular formula is C21H36O4. The second-order valence-electron chi connectivity index (χ2n) is 7.94. The summed E-state index contributed by atoms with van der Waals surface area (Å²) < 4.78 is 5.98. The summed E-state index contributed by atoms with van der Waals surface area (Å²) in [6, 6.07) is 0. The zero-order chi connectivity index (χ0) is 19.0. The van der Waals surface area contributed by atoms with Gasteiger partial charge in [-0.2, -0.15) is 0 Å². The predicted octanol–water partition coefficient (Wildman–Crippen LogP) is 3.81. The fraction of sp³-hybridized carbons (Fsp3) is 0.762. The highest BCUT2D eigenvalue weighted by molar-refractivity contribution is 5.92. The Morgan fingerprint density at radius 1 is 1.40 bits per heavy atom. The summed E-state index contributed by atoms with van der Waals surface area (Å²) in [5, 5.41) is 19.5. The topological polar surface area (TPSA) is 66.8 Å². The van der Waals surface area contributed by atoms with E-state index in [0.29, 0.717) is 18.9 Å². The first-order chi connectivity index (χ1) is 11.7. The number of carbonyl (C=O) groups excluding carboxylic acids is 1. The zero-order valence-corrected chi connectivity index (χ0v) is 16.5. The number of aliphatic hydroxyl groups excluding tert-OH is 2. The first-order valence-corrected chi connectivity index (χ1v) is 9.52. The van der Waals surface area contributed by atoms with Gasteiger partial charge >= 0.3 is 0 Å². The molecular weight excluding hydrogens is 316 g/mol. The van der Waals surface area contributed by atoms with Crippen molar-refractivity contribution >= 4 is 5.78 Å². The van der Waals surface area contributed by atoms with Crippen LogP contribution in [0, 0.1) is 11.8 Å². The molecule has 1 unspecified atom stereocenters. The summed E-state index contributed by atoms with van der Waals surface area (Å²) in [5.41, 5.74) is 1.58. The van der Waals surface area contributed by atoms with Crippen molar-refractivity contribution < 1.29 is 19.7 Å². The third-order valence-corrected chi connectivity index (χ3v) is 5.49. The van der Waals surface area contributed by atoms with Crippen molar-refractivity contribution in [3.8, 4) is 0 Å². The number of allylic oxidation sites excluding steroid dienone is 2. The molecule has 0 aromatic carbocycles. The van der Waals surface area contributed by atoms with Gasteiger partial charge in [0, 0.05) is 5.92 Å². The van der Waals surface area contributed by atoms with E-state index in [1.807, 2.05) is 20.8 Å². The lowest BCUT2D eigenvalue weighted by atomic mass is 9.87. The molecule has 2 N–H and O–H groups in total. The number of carbonyl (C=O) groups is 1. The summed E-state index contributed by atoms with van der Waals surface area (Å²) >= 11 is 0. The first kappa shape index (κ1) is 22.1. The second kappa shape index (κ2) is 10.2. The molecule has 0 bridgehead atoms. The number of aliphatic hydroxyl groups is 2. The summed E-state index contributed by atoms with van der Waals surface area (Å²) in [4.78, 5) is 12.3. The highest BCUT2D eigenvalue weighted by Crippen LogP contribution is 2.31. The van der Waals surface area contributed by atoms with Crippen LogP contribution in [0.25, 0.3) is 0 Å². The maximum absolute atomic E-state index is 12.3. The van der Waals surface area contributed by atoms with Crippen molar-refractivity contribution in [2.45, 2.75) is 78.4 Å². The molecule has 0 radical (unpaired) electrons. The SMILES string of the molecule is C/C(=C\C(=O)C(C)CCC[C@]1(C)OCC(=CCO)CC[C@H]1O)C(C)C. The van der Waals surface area contributed by atoms with Crippen molar-refractivity contribution in [2.24, 2.45) is 11.8 Å². The van der Waals surface area contributed by atoms with Crippen LogP contribution in [0.15, 0.2) is 23.3 Å². The van der Waals surface area contributed by atoms with E-state index in [-0.39, 0.29) is 18.3 Å². The van der Waals surface area contributed by atoms with Crippen molar-refractivity contribution in [2.75, 3.05) is 13.2 Å². The standard InChI is InChI=1S/C21H36O4/c1-15(2)17(4)13-19(23)16(3)7-6-11-21(5)20(24)9-8-18(10-12-22)14-25-21/h10,13,15-16,20,22,24H,6-9,11-12,14H2,1-5H3/b17-13+,18-10?/t16?,20-,21+/m1/s1. The maximum atomic E-state index is 12.3. The third kappa shape index (κ3) is 7.04. The van der Waals surface area contributed by atoms with Gasteiger partial charge < -0.3 is 14.9 Å². The molecule has 1 aliphatic heterocycles. The monoisotopic (exact) mass is 352 g/mol. The van der Waals surface area contributed by atoms with Crippen LogP contribution < -0.4 is 0 Å². The van der Waals surface area contributed by atoms with Gasteiger partial charge in [-0.25, -0.2) is 0 Å². The van der Waals surface area contributed by atoms with Gasteiger partial charge in [0.15, 0.2) is 5.78 Å². The minimum absolute atomic E-state index is 0.00837. The van der Waals surface area contributed by atoms with E-state index in [0.717, 1.165) is 36.8 Å². The fourth-order valence-corrected chi connectivity index (χ4v) is 3.02. The summed E-state index contributed by atoms with van der Waals surface area (Å²) in [6.45, 7) is 10.6. The van der Waals surface area contributed by atoms with Gasteiger partial charge in [0.2, 0.25) is 0 Å². The number of ether oxygens (including phenoxy) is 1. The highest BCUT2D eigenvalue weighted by atomic mass is 16.5. The molecule has 144 valence electrons. The van der Waals surface area contributed by atoms with Gasteiger partial charge in [0.25, 0.3) is 0 Å². The molecule has 0 aromatic heterocycles. The highest BCUT2D eigenvalue weighted by Gasteiger charge is 2.36. The average molecular weight is 353 g/mol. The van der Waals surface area contributed by atoms with E-state index < -0.39 is 11.7 Å². The summed E-state index contributed by atoms with van der Waals surface area (Å²) in [6.07, 6.45) is 6.79. The number of hydrogen-bond acceptors (Lipinski definition) is 4. The molecule has 1 fully saturated rings.